The fraction of sp³-hybridized carbons (Fsp3) is 0.600. The fourth-order valence-corrected chi connectivity index (χ4v) is 2.90. The maximum Gasteiger partial charge on any atom is 0.0936 e. The lowest BCUT2D eigenvalue weighted by Crippen LogP contribution is -2.31. The van der Waals surface area contributed by atoms with E-state index in [-0.39, 0.29) is 0 Å². The highest BCUT2D eigenvalue weighted by atomic mass is 16.3. The summed E-state index contributed by atoms with van der Waals surface area (Å²) >= 11 is 0. The van der Waals surface area contributed by atoms with Gasteiger partial charge in [-0.2, -0.15) is 0 Å². The number of likely N-dealkylation sites (N-methyl/N-ethyl adjacent to an activating group) is 1. The highest BCUT2D eigenvalue weighted by molar-refractivity contribution is 5.47. The molecule has 0 bridgehead atoms. The Morgan fingerprint density at radius 2 is 2.21 bits per heavy atom. The lowest BCUT2D eigenvalue weighted by molar-refractivity contribution is 0.119. The van der Waals surface area contributed by atoms with Crippen LogP contribution in [0.1, 0.15) is 18.1 Å². The van der Waals surface area contributed by atoms with Crippen molar-refractivity contribution in [1.82, 2.24) is 9.80 Å². The molecule has 3 N–H and O–H groups in total. The normalized spacial score (nSPS) is 22.0. The van der Waals surface area contributed by atoms with Gasteiger partial charge in [0.15, 0.2) is 0 Å². The van der Waals surface area contributed by atoms with Gasteiger partial charge in [0.2, 0.25) is 0 Å². The number of nitrogens with two attached hydrogens (primary N) is 1. The molecule has 2 unspecified atom stereocenters. The SMILES string of the molecule is CN1CCC(CN(C)CC(O)c2ccccc2N)C1. The molecule has 2 rings (SSSR count). The van der Waals surface area contributed by atoms with Gasteiger partial charge >= 0.3 is 0 Å². The van der Waals surface area contributed by atoms with Crippen LogP contribution in [0.15, 0.2) is 24.3 Å². The van der Waals surface area contributed by atoms with Gasteiger partial charge in [0, 0.05) is 30.9 Å². The van der Waals surface area contributed by atoms with E-state index in [0.29, 0.717) is 12.2 Å². The van der Waals surface area contributed by atoms with Gasteiger partial charge in [-0.15, -0.1) is 0 Å². The second kappa shape index (κ2) is 6.37. The van der Waals surface area contributed by atoms with E-state index in [4.69, 9.17) is 5.73 Å². The molecule has 1 saturated heterocycles. The van der Waals surface area contributed by atoms with Gasteiger partial charge in [-0.25, -0.2) is 0 Å². The van der Waals surface area contributed by atoms with Crippen molar-refractivity contribution in [3.8, 4) is 0 Å². The van der Waals surface area contributed by atoms with Crippen LogP contribution >= 0.6 is 0 Å². The number of nitrogen functional groups attached to an aromatic ring is 1. The van der Waals surface area contributed by atoms with Gasteiger partial charge in [0.25, 0.3) is 0 Å². The molecule has 4 heteroatoms. The fourth-order valence-electron chi connectivity index (χ4n) is 2.90. The minimum Gasteiger partial charge on any atom is -0.398 e. The summed E-state index contributed by atoms with van der Waals surface area (Å²) in [5.41, 5.74) is 7.40. The van der Waals surface area contributed by atoms with Gasteiger partial charge in [0.05, 0.1) is 6.10 Å². The molecule has 2 atom stereocenters. The Morgan fingerprint density at radius 1 is 1.47 bits per heavy atom. The Balaban J connectivity index is 1.85. The molecule has 1 aliphatic heterocycles. The average Bonchev–Trinajstić information content (AvgIpc) is 2.74. The molecule has 1 fully saturated rings. The Hall–Kier alpha value is -1.10. The smallest absolute Gasteiger partial charge is 0.0936 e. The second-order valence-corrected chi connectivity index (χ2v) is 5.78. The molecule has 1 aromatic rings. The molecule has 0 spiro atoms. The first-order valence-electron chi connectivity index (χ1n) is 6.96. The molecular weight excluding hydrogens is 238 g/mol. The van der Waals surface area contributed by atoms with Crippen LogP contribution in [0.3, 0.4) is 0 Å². The zero-order chi connectivity index (χ0) is 13.8. The monoisotopic (exact) mass is 263 g/mol. The number of nitrogens with zero attached hydrogens (tertiary/aromatic N) is 2. The largest absolute Gasteiger partial charge is 0.398 e. The van der Waals surface area contributed by atoms with Crippen LogP contribution in [-0.4, -0.2) is 55.2 Å². The Morgan fingerprint density at radius 3 is 2.84 bits per heavy atom. The summed E-state index contributed by atoms with van der Waals surface area (Å²) < 4.78 is 0. The molecule has 0 aliphatic carbocycles. The number of rotatable bonds is 5. The Kier molecular flexibility index (Phi) is 4.80. The molecule has 1 heterocycles. The molecule has 1 aromatic carbocycles. The first-order valence-corrected chi connectivity index (χ1v) is 6.96. The molecule has 19 heavy (non-hydrogen) atoms. The number of para-hydroxylation sites is 1. The highest BCUT2D eigenvalue weighted by Gasteiger charge is 2.22. The number of hydrogen-bond donors (Lipinski definition) is 2. The van der Waals surface area contributed by atoms with Crippen LogP contribution in [-0.2, 0) is 0 Å². The van der Waals surface area contributed by atoms with Crippen molar-refractivity contribution in [1.29, 1.82) is 0 Å². The number of aliphatic hydroxyl groups is 1. The molecule has 4 nitrogen and oxygen atoms in total. The number of benzene rings is 1. The van der Waals surface area contributed by atoms with Gasteiger partial charge in [-0.05, 0) is 39.0 Å². The number of anilines is 1. The van der Waals surface area contributed by atoms with E-state index in [1.807, 2.05) is 24.3 Å². The van der Waals surface area contributed by atoms with Crippen LogP contribution in [0, 0.1) is 5.92 Å². The van der Waals surface area contributed by atoms with Crippen molar-refractivity contribution in [3.05, 3.63) is 29.8 Å². The number of likely N-dealkylation sites (tertiary alicyclic amines) is 1. The number of hydrogen-bond acceptors (Lipinski definition) is 4. The van der Waals surface area contributed by atoms with E-state index in [9.17, 15) is 5.11 Å². The summed E-state index contributed by atoms with van der Waals surface area (Å²) in [4.78, 5) is 4.57. The van der Waals surface area contributed by atoms with Gasteiger partial charge < -0.3 is 20.6 Å². The Bertz CT molecular complexity index is 410. The van der Waals surface area contributed by atoms with Crippen molar-refractivity contribution in [2.24, 2.45) is 5.92 Å². The first kappa shape index (κ1) is 14.3. The molecule has 106 valence electrons. The second-order valence-electron chi connectivity index (χ2n) is 5.78. The topological polar surface area (TPSA) is 52.7 Å². The van der Waals surface area contributed by atoms with E-state index < -0.39 is 6.10 Å². The highest BCUT2D eigenvalue weighted by Crippen LogP contribution is 2.21. The van der Waals surface area contributed by atoms with Crippen molar-refractivity contribution < 1.29 is 5.11 Å². The standard InChI is InChI=1S/C15H25N3O/c1-17-8-7-12(9-17)10-18(2)11-15(19)13-5-3-4-6-14(13)16/h3-6,12,15,19H,7-11,16H2,1-2H3. The van der Waals surface area contributed by atoms with E-state index in [1.54, 1.807) is 0 Å². The van der Waals surface area contributed by atoms with E-state index in [1.165, 1.54) is 13.0 Å². The number of aliphatic hydroxyl groups excluding tert-OH is 1. The predicted octanol–water partition coefficient (Wildman–Crippen LogP) is 1.19. The lowest BCUT2D eigenvalue weighted by atomic mass is 10.1. The maximum atomic E-state index is 10.3. The van der Waals surface area contributed by atoms with Gasteiger partial charge in [-0.3, -0.25) is 0 Å². The van der Waals surface area contributed by atoms with Crippen LogP contribution in [0.25, 0.3) is 0 Å². The lowest BCUT2D eigenvalue weighted by Gasteiger charge is -2.24. The third-order valence-corrected chi connectivity index (χ3v) is 3.90. The third kappa shape index (κ3) is 3.93. The molecule has 1 aliphatic rings. The summed E-state index contributed by atoms with van der Waals surface area (Å²) in [6.45, 7) is 4.02. The first-order chi connectivity index (χ1) is 9.06. The molecule has 0 radical (unpaired) electrons. The quantitative estimate of drug-likeness (QED) is 0.784. The summed E-state index contributed by atoms with van der Waals surface area (Å²) in [6.07, 6.45) is 0.745. The third-order valence-electron chi connectivity index (χ3n) is 3.90. The average molecular weight is 263 g/mol. The summed E-state index contributed by atoms with van der Waals surface area (Å²) in [6, 6.07) is 7.55. The van der Waals surface area contributed by atoms with Crippen molar-refractivity contribution in [3.63, 3.8) is 0 Å². The minimum atomic E-state index is -0.509. The molecular formula is C15H25N3O. The maximum absolute atomic E-state index is 10.3. The summed E-state index contributed by atoms with van der Waals surface area (Å²) in [5, 5.41) is 10.3. The van der Waals surface area contributed by atoms with Crippen LogP contribution in [0.2, 0.25) is 0 Å². The molecule has 0 amide bonds. The van der Waals surface area contributed by atoms with Gasteiger partial charge in [-0.1, -0.05) is 18.2 Å². The summed E-state index contributed by atoms with van der Waals surface area (Å²) in [5.74, 6) is 0.718. The van der Waals surface area contributed by atoms with E-state index >= 15 is 0 Å². The molecule has 0 aromatic heterocycles. The minimum absolute atomic E-state index is 0.509. The predicted molar refractivity (Wildman–Crippen MR) is 78.9 cm³/mol. The Labute approximate surface area is 115 Å². The van der Waals surface area contributed by atoms with Crippen molar-refractivity contribution in [2.45, 2.75) is 12.5 Å². The molecule has 0 saturated carbocycles. The zero-order valence-corrected chi connectivity index (χ0v) is 11.9. The zero-order valence-electron chi connectivity index (χ0n) is 11.9. The van der Waals surface area contributed by atoms with Crippen LogP contribution < -0.4 is 5.73 Å². The van der Waals surface area contributed by atoms with Gasteiger partial charge in [0.1, 0.15) is 0 Å². The van der Waals surface area contributed by atoms with Crippen molar-refractivity contribution in [2.75, 3.05) is 46.0 Å². The van der Waals surface area contributed by atoms with E-state index in [2.05, 4.69) is 23.9 Å². The summed E-state index contributed by atoms with van der Waals surface area (Å²) in [7, 11) is 4.24. The van der Waals surface area contributed by atoms with Crippen molar-refractivity contribution >= 4 is 5.69 Å². The van der Waals surface area contributed by atoms with E-state index in [0.717, 1.165) is 24.6 Å². The van der Waals surface area contributed by atoms with Crippen LogP contribution in [0.4, 0.5) is 5.69 Å². The van der Waals surface area contributed by atoms with Crippen LogP contribution in [0.5, 0.6) is 0 Å².